The monoisotopic (exact) mass is 833 g/mol. The quantitative estimate of drug-likeness (QED) is 0.0449. The molecule has 0 saturated carbocycles. The third-order valence-electron chi connectivity index (χ3n) is 12.0. The number of aliphatic carboxylic acids is 2. The van der Waals surface area contributed by atoms with Gasteiger partial charge in [0, 0.05) is 36.9 Å². The predicted molar refractivity (Wildman–Crippen MR) is 247 cm³/mol. The molecule has 7 heteroatoms. The smallest absolute Gasteiger partial charge is 0.550 e. The standard InChI is InChI=1S/2C25H51NO2.Ca/c2*1-4-7-9-11-13-15-17-19-21-26(24(6-3)23-25(27)28)22-20-18-16-14-12-10-8-5-2;/h2*24H,4-23H2,1-3H3,(H,27,28);/q;;+2/p-2. The normalized spacial score (nSPS) is 12.4. The molecule has 0 aliphatic rings. The maximum atomic E-state index is 11.1. The summed E-state index contributed by atoms with van der Waals surface area (Å²) < 4.78 is 0. The number of rotatable bonds is 44. The molecule has 0 aromatic rings. The first-order valence-electron chi connectivity index (χ1n) is 25.2. The summed E-state index contributed by atoms with van der Waals surface area (Å²) >= 11 is 0. The van der Waals surface area contributed by atoms with Crippen LogP contribution in [0.2, 0.25) is 0 Å². The van der Waals surface area contributed by atoms with Crippen LogP contribution in [-0.2, 0) is 9.59 Å². The van der Waals surface area contributed by atoms with Crippen molar-refractivity contribution in [1.82, 2.24) is 9.80 Å². The number of hydrogen-bond donors (Lipinski definition) is 0. The van der Waals surface area contributed by atoms with E-state index in [0.717, 1.165) is 39.0 Å². The summed E-state index contributed by atoms with van der Waals surface area (Å²) in [5.41, 5.74) is 0. The van der Waals surface area contributed by atoms with E-state index in [2.05, 4.69) is 51.3 Å². The van der Waals surface area contributed by atoms with Crippen LogP contribution >= 0.6 is 0 Å². The molecular formula is C50H100CaN2O4. The largest absolute Gasteiger partial charge is 2.00 e. The molecule has 0 radical (unpaired) electrons. The van der Waals surface area contributed by atoms with Gasteiger partial charge in [0.1, 0.15) is 0 Å². The van der Waals surface area contributed by atoms with Gasteiger partial charge in [0.2, 0.25) is 0 Å². The molecule has 0 heterocycles. The summed E-state index contributed by atoms with van der Waals surface area (Å²) in [7, 11) is 0. The zero-order valence-corrected chi connectivity index (χ0v) is 41.9. The Kier molecular flexibility index (Phi) is 54.4. The Bertz CT molecular complexity index is 696. The summed E-state index contributed by atoms with van der Waals surface area (Å²) in [6.45, 7) is 17.5. The Morgan fingerprint density at radius 3 is 0.667 bits per heavy atom. The van der Waals surface area contributed by atoms with Crippen LogP contribution in [0.25, 0.3) is 0 Å². The van der Waals surface area contributed by atoms with Gasteiger partial charge in [-0.3, -0.25) is 0 Å². The van der Waals surface area contributed by atoms with Gasteiger partial charge >= 0.3 is 37.7 Å². The van der Waals surface area contributed by atoms with Crippen LogP contribution in [0, 0.1) is 0 Å². The second-order valence-corrected chi connectivity index (χ2v) is 17.2. The van der Waals surface area contributed by atoms with Crippen molar-refractivity contribution in [2.45, 2.75) is 285 Å². The van der Waals surface area contributed by atoms with Gasteiger partial charge in [-0.25, -0.2) is 0 Å². The number of carbonyl (C=O) groups excluding carboxylic acids is 2. The number of carbonyl (C=O) groups is 2. The Labute approximate surface area is 387 Å². The zero-order valence-electron chi connectivity index (χ0n) is 39.7. The van der Waals surface area contributed by atoms with E-state index in [9.17, 15) is 19.8 Å². The molecule has 0 aromatic carbocycles. The summed E-state index contributed by atoms with van der Waals surface area (Å²) in [4.78, 5) is 27.2. The summed E-state index contributed by atoms with van der Waals surface area (Å²) in [5.74, 6) is -1.80. The van der Waals surface area contributed by atoms with Crippen molar-refractivity contribution in [3.8, 4) is 0 Å². The van der Waals surface area contributed by atoms with Gasteiger partial charge < -0.3 is 29.6 Å². The van der Waals surface area contributed by atoms with Crippen molar-refractivity contribution in [1.29, 1.82) is 0 Å². The molecule has 2 unspecified atom stereocenters. The first-order valence-corrected chi connectivity index (χ1v) is 25.2. The topological polar surface area (TPSA) is 86.7 Å². The maximum absolute atomic E-state index is 11.1. The Morgan fingerprint density at radius 2 is 0.509 bits per heavy atom. The molecule has 57 heavy (non-hydrogen) atoms. The van der Waals surface area contributed by atoms with Crippen LogP contribution in [0.5, 0.6) is 0 Å². The van der Waals surface area contributed by atoms with Crippen molar-refractivity contribution < 1.29 is 19.8 Å². The second-order valence-electron chi connectivity index (χ2n) is 17.2. The fourth-order valence-electron chi connectivity index (χ4n) is 8.20. The van der Waals surface area contributed by atoms with Crippen molar-refractivity contribution in [2.75, 3.05) is 26.2 Å². The third-order valence-corrected chi connectivity index (χ3v) is 12.0. The molecular weight excluding hydrogens is 733 g/mol. The first-order chi connectivity index (χ1) is 27.3. The minimum atomic E-state index is -0.899. The van der Waals surface area contributed by atoms with Gasteiger partial charge in [0.25, 0.3) is 0 Å². The van der Waals surface area contributed by atoms with Gasteiger partial charge in [-0.05, 0) is 64.7 Å². The van der Waals surface area contributed by atoms with Gasteiger partial charge in [-0.15, -0.1) is 0 Å². The molecule has 2 atom stereocenters. The van der Waals surface area contributed by atoms with E-state index in [1.807, 2.05) is 0 Å². The number of nitrogens with zero attached hydrogens (tertiary/aromatic N) is 2. The summed E-state index contributed by atoms with van der Waals surface area (Å²) in [6.07, 6.45) is 44.6. The van der Waals surface area contributed by atoms with E-state index in [1.165, 1.54) is 205 Å². The fourth-order valence-corrected chi connectivity index (χ4v) is 8.20. The summed E-state index contributed by atoms with van der Waals surface area (Å²) in [5, 5.41) is 22.3. The zero-order chi connectivity index (χ0) is 41.7. The van der Waals surface area contributed by atoms with E-state index in [-0.39, 0.29) is 62.7 Å². The SMILES string of the molecule is CCCCCCCCCCN(CCCCCCCCCC)C(CC)CC(=O)[O-].CCCCCCCCCCN(CCCCCCCCCC)C(CC)CC(=O)[O-].[Ca+2]. The number of unbranched alkanes of at least 4 members (excludes halogenated alkanes) is 28. The molecule has 0 aromatic heterocycles. The number of hydrogen-bond acceptors (Lipinski definition) is 6. The van der Waals surface area contributed by atoms with Crippen molar-refractivity contribution in [2.24, 2.45) is 0 Å². The average molecular weight is 833 g/mol. The first kappa shape index (κ1) is 61.4. The molecule has 6 nitrogen and oxygen atoms in total. The number of carboxylic acid groups (broad SMARTS) is 2. The molecule has 0 saturated heterocycles. The van der Waals surface area contributed by atoms with Gasteiger partial charge in [-0.1, -0.05) is 221 Å². The molecule has 0 rings (SSSR count). The second kappa shape index (κ2) is 50.5. The van der Waals surface area contributed by atoms with Crippen molar-refractivity contribution in [3.05, 3.63) is 0 Å². The molecule has 0 fully saturated rings. The molecule has 0 N–H and O–H groups in total. The Morgan fingerprint density at radius 1 is 0.333 bits per heavy atom. The van der Waals surface area contributed by atoms with Gasteiger partial charge in [-0.2, -0.15) is 0 Å². The molecule has 0 aliphatic heterocycles. The van der Waals surface area contributed by atoms with E-state index in [1.54, 1.807) is 0 Å². The number of carboxylic acids is 2. The molecule has 0 amide bonds. The Hall–Kier alpha value is 0.120. The van der Waals surface area contributed by atoms with Crippen LogP contribution in [0.4, 0.5) is 0 Å². The van der Waals surface area contributed by atoms with E-state index < -0.39 is 11.9 Å². The Balaban J connectivity index is -0.00000101. The summed E-state index contributed by atoms with van der Waals surface area (Å²) in [6, 6.07) is 0.304. The van der Waals surface area contributed by atoms with Crippen LogP contribution in [0.1, 0.15) is 273 Å². The van der Waals surface area contributed by atoms with Crippen molar-refractivity contribution >= 4 is 49.7 Å². The molecule has 0 bridgehead atoms. The van der Waals surface area contributed by atoms with Gasteiger partial charge in [0.05, 0.1) is 0 Å². The van der Waals surface area contributed by atoms with Crippen LogP contribution in [-0.4, -0.2) is 97.7 Å². The van der Waals surface area contributed by atoms with Crippen LogP contribution in [0.15, 0.2) is 0 Å². The van der Waals surface area contributed by atoms with Crippen molar-refractivity contribution in [3.63, 3.8) is 0 Å². The van der Waals surface area contributed by atoms with Gasteiger partial charge in [0.15, 0.2) is 0 Å². The van der Waals surface area contributed by atoms with E-state index >= 15 is 0 Å². The minimum absolute atomic E-state index is 0. The average Bonchev–Trinajstić information content (AvgIpc) is 3.18. The molecule has 336 valence electrons. The van der Waals surface area contributed by atoms with Crippen LogP contribution < -0.4 is 10.2 Å². The molecule has 0 spiro atoms. The van der Waals surface area contributed by atoms with Crippen LogP contribution in [0.3, 0.4) is 0 Å². The minimum Gasteiger partial charge on any atom is -0.550 e. The fraction of sp³-hybridized carbons (Fsp3) is 0.960. The predicted octanol–water partition coefficient (Wildman–Crippen LogP) is 12.6. The van der Waals surface area contributed by atoms with E-state index in [0.29, 0.717) is 0 Å². The molecule has 0 aliphatic carbocycles. The third kappa shape index (κ3) is 45.5. The maximum Gasteiger partial charge on any atom is 2.00 e. The van der Waals surface area contributed by atoms with E-state index in [4.69, 9.17) is 0 Å².